The molecule has 0 spiro atoms. The number of nitrogens with one attached hydrogen (secondary N) is 1. The van der Waals surface area contributed by atoms with Gasteiger partial charge >= 0.3 is 13.8 Å². The van der Waals surface area contributed by atoms with E-state index in [1.807, 2.05) is 21.1 Å². The summed E-state index contributed by atoms with van der Waals surface area (Å²) in [5.41, 5.74) is 0.220. The molecule has 1 aromatic rings. The summed E-state index contributed by atoms with van der Waals surface area (Å²) in [6, 6.07) is 5.28. The summed E-state index contributed by atoms with van der Waals surface area (Å²) < 4.78 is 28.0. The molecule has 27 heavy (non-hydrogen) atoms. The second-order valence-corrected chi connectivity index (χ2v) is 8.42. The molecule has 9 nitrogen and oxygen atoms in total. The Balaban J connectivity index is 2.66. The summed E-state index contributed by atoms with van der Waals surface area (Å²) in [5, 5.41) is 2.96. The number of quaternary nitrogens is 1. The molecule has 0 saturated carbocycles. The van der Waals surface area contributed by atoms with Crippen LogP contribution in [0.2, 0.25) is 0 Å². The summed E-state index contributed by atoms with van der Waals surface area (Å²) in [5.74, 6) is -0.0591. The molecular formula is C17H29N3O6P+. The van der Waals surface area contributed by atoms with Crippen molar-refractivity contribution in [3.05, 3.63) is 36.5 Å². The Kier molecular flexibility index (Phi) is 9.08. The number of aromatic nitrogens is 1. The molecule has 0 aromatic carbocycles. The van der Waals surface area contributed by atoms with E-state index in [-0.39, 0.29) is 25.3 Å². The lowest BCUT2D eigenvalue weighted by Gasteiger charge is -2.25. The number of likely N-dealkylation sites (N-methyl/N-ethyl adjacent to an activating group) is 1. The first kappa shape index (κ1) is 23.3. The van der Waals surface area contributed by atoms with Crippen LogP contribution in [0.15, 0.2) is 36.5 Å². The van der Waals surface area contributed by atoms with Crippen molar-refractivity contribution in [2.24, 2.45) is 0 Å². The Bertz CT molecular complexity index is 662. The molecule has 1 rings (SSSR count). The fourth-order valence-corrected chi connectivity index (χ4v) is 2.64. The number of carbonyl (C=O) groups is 1. The van der Waals surface area contributed by atoms with E-state index in [4.69, 9.17) is 13.8 Å². The molecule has 10 heteroatoms. The van der Waals surface area contributed by atoms with Gasteiger partial charge in [-0.05, 0) is 19.1 Å². The van der Waals surface area contributed by atoms with E-state index in [1.165, 1.54) is 6.92 Å². The zero-order valence-electron chi connectivity index (χ0n) is 16.3. The quantitative estimate of drug-likeness (QED) is 0.236. The van der Waals surface area contributed by atoms with Gasteiger partial charge in [0.05, 0.1) is 21.1 Å². The first-order valence-electron chi connectivity index (χ1n) is 8.42. The number of rotatable bonds is 12. The van der Waals surface area contributed by atoms with E-state index in [0.29, 0.717) is 16.8 Å². The number of esters is 1. The Morgan fingerprint density at radius 2 is 2.11 bits per heavy atom. The third-order valence-corrected chi connectivity index (χ3v) is 4.30. The second kappa shape index (κ2) is 10.5. The van der Waals surface area contributed by atoms with E-state index < -0.39 is 19.9 Å². The normalized spacial score (nSPS) is 14.9. The number of ether oxygens (including phenoxy) is 1. The van der Waals surface area contributed by atoms with Crippen molar-refractivity contribution in [2.75, 3.05) is 52.8 Å². The monoisotopic (exact) mass is 402 g/mol. The summed E-state index contributed by atoms with van der Waals surface area (Å²) >= 11 is 0. The van der Waals surface area contributed by atoms with Crippen LogP contribution in [0.4, 0.5) is 5.82 Å². The summed E-state index contributed by atoms with van der Waals surface area (Å²) in [7, 11) is 1.48. The number of anilines is 1. The van der Waals surface area contributed by atoms with Gasteiger partial charge in [-0.25, -0.2) is 14.3 Å². The van der Waals surface area contributed by atoms with Crippen LogP contribution in [0.1, 0.15) is 6.92 Å². The minimum Gasteiger partial charge on any atom is -0.459 e. The number of nitrogens with zero attached hydrogens (tertiary/aromatic N) is 2. The van der Waals surface area contributed by atoms with E-state index in [1.54, 1.807) is 24.4 Å². The van der Waals surface area contributed by atoms with Crippen LogP contribution in [0.25, 0.3) is 0 Å². The highest BCUT2D eigenvalue weighted by Gasteiger charge is 2.28. The maximum absolute atomic E-state index is 12.2. The van der Waals surface area contributed by atoms with E-state index in [2.05, 4.69) is 16.9 Å². The minimum atomic E-state index is -4.32. The molecule has 2 unspecified atom stereocenters. The van der Waals surface area contributed by atoms with Gasteiger partial charge in [0.15, 0.2) is 0 Å². The first-order chi connectivity index (χ1) is 12.5. The maximum atomic E-state index is 12.2. The lowest BCUT2D eigenvalue weighted by molar-refractivity contribution is -0.870. The van der Waals surface area contributed by atoms with Gasteiger partial charge in [0.2, 0.25) is 0 Å². The molecule has 1 aromatic heterocycles. The Morgan fingerprint density at radius 3 is 2.67 bits per heavy atom. The zero-order chi connectivity index (χ0) is 20.5. The Morgan fingerprint density at radius 1 is 1.41 bits per heavy atom. The van der Waals surface area contributed by atoms with Crippen molar-refractivity contribution in [3.8, 4) is 0 Å². The third kappa shape index (κ3) is 10.8. The van der Waals surface area contributed by atoms with Crippen LogP contribution in [0.5, 0.6) is 0 Å². The van der Waals surface area contributed by atoms with Crippen LogP contribution in [0.3, 0.4) is 0 Å². The summed E-state index contributed by atoms with van der Waals surface area (Å²) in [6.45, 7) is 5.42. The average molecular weight is 402 g/mol. The van der Waals surface area contributed by atoms with Crippen molar-refractivity contribution >= 4 is 19.6 Å². The largest absolute Gasteiger partial charge is 0.472 e. The van der Waals surface area contributed by atoms with Gasteiger partial charge in [0.25, 0.3) is 0 Å². The van der Waals surface area contributed by atoms with Crippen molar-refractivity contribution in [1.29, 1.82) is 0 Å². The highest BCUT2D eigenvalue weighted by Crippen LogP contribution is 2.44. The predicted octanol–water partition coefficient (Wildman–Crippen LogP) is 1.82. The molecule has 0 bridgehead atoms. The van der Waals surface area contributed by atoms with Gasteiger partial charge in [-0.1, -0.05) is 12.6 Å². The van der Waals surface area contributed by atoms with E-state index in [9.17, 15) is 14.3 Å². The Labute approximate surface area is 160 Å². The molecule has 2 N–H and O–H groups in total. The SMILES string of the molecule is C=C(C)C(=O)OCC(CNc1ccccn1)OP(=O)(O)OCC[N+](C)(C)C. The molecule has 0 aliphatic carbocycles. The van der Waals surface area contributed by atoms with Gasteiger partial charge in [0.1, 0.15) is 31.7 Å². The van der Waals surface area contributed by atoms with Crippen molar-refractivity contribution in [3.63, 3.8) is 0 Å². The van der Waals surface area contributed by atoms with Crippen LogP contribution in [-0.4, -0.2) is 73.9 Å². The van der Waals surface area contributed by atoms with Crippen LogP contribution in [-0.2, 0) is 23.1 Å². The zero-order valence-corrected chi connectivity index (χ0v) is 17.1. The summed E-state index contributed by atoms with van der Waals surface area (Å²) in [6.07, 6.45) is 0.680. The van der Waals surface area contributed by atoms with Gasteiger partial charge in [-0.15, -0.1) is 0 Å². The topological polar surface area (TPSA) is 107 Å². The molecule has 2 atom stereocenters. The lowest BCUT2D eigenvalue weighted by atomic mass is 10.3. The fraction of sp³-hybridized carbons (Fsp3) is 0.529. The smallest absolute Gasteiger partial charge is 0.459 e. The molecule has 152 valence electrons. The number of hydrogen-bond donors (Lipinski definition) is 2. The van der Waals surface area contributed by atoms with Crippen LogP contribution in [0, 0.1) is 0 Å². The number of phosphoric acid groups is 1. The number of pyridine rings is 1. The molecule has 0 saturated heterocycles. The number of carbonyl (C=O) groups excluding carboxylic acids is 1. The van der Waals surface area contributed by atoms with Gasteiger partial charge in [-0.3, -0.25) is 9.05 Å². The number of hydrogen-bond acceptors (Lipinski definition) is 7. The van der Waals surface area contributed by atoms with Gasteiger partial charge < -0.3 is 19.4 Å². The van der Waals surface area contributed by atoms with Gasteiger partial charge in [-0.2, -0.15) is 0 Å². The molecule has 0 aliphatic rings. The Hall–Kier alpha value is -1.77. The average Bonchev–Trinajstić information content (AvgIpc) is 2.56. The molecule has 0 radical (unpaired) electrons. The number of phosphoric ester groups is 1. The van der Waals surface area contributed by atoms with Crippen LogP contribution < -0.4 is 5.32 Å². The predicted molar refractivity (Wildman–Crippen MR) is 102 cm³/mol. The molecule has 0 fully saturated rings. The van der Waals surface area contributed by atoms with E-state index >= 15 is 0 Å². The lowest BCUT2D eigenvalue weighted by Crippen LogP contribution is -2.37. The van der Waals surface area contributed by atoms with Crippen molar-refractivity contribution < 1.29 is 32.5 Å². The standard InChI is InChI=1S/C17H28N3O6P/c1-14(2)17(21)24-13-15(12-19-16-8-6-7-9-18-16)26-27(22,23)25-11-10-20(3,4)5/h6-9,15H,1,10-13H2,2-5H3,(H-,18,19,22,23)/p+1. The van der Waals surface area contributed by atoms with E-state index in [0.717, 1.165) is 0 Å². The van der Waals surface area contributed by atoms with Crippen LogP contribution >= 0.6 is 7.82 Å². The molecule has 0 aliphatic heterocycles. The minimum absolute atomic E-state index is 0.0449. The summed E-state index contributed by atoms with van der Waals surface area (Å²) in [4.78, 5) is 25.6. The third-order valence-electron chi connectivity index (χ3n) is 3.22. The van der Waals surface area contributed by atoms with Crippen molar-refractivity contribution in [2.45, 2.75) is 13.0 Å². The second-order valence-electron chi connectivity index (χ2n) is 7.02. The first-order valence-corrected chi connectivity index (χ1v) is 9.92. The molecule has 0 amide bonds. The van der Waals surface area contributed by atoms with Crippen molar-refractivity contribution in [1.82, 2.24) is 4.98 Å². The highest BCUT2D eigenvalue weighted by molar-refractivity contribution is 7.47. The maximum Gasteiger partial charge on any atom is 0.472 e. The van der Waals surface area contributed by atoms with Gasteiger partial charge in [0, 0.05) is 18.3 Å². The fourth-order valence-electron chi connectivity index (χ4n) is 1.75. The molecular weight excluding hydrogens is 373 g/mol. The highest BCUT2D eigenvalue weighted by atomic mass is 31.2. The molecule has 1 heterocycles.